The third-order valence-corrected chi connectivity index (χ3v) is 11.4. The third kappa shape index (κ3) is 45.1. The van der Waals surface area contributed by atoms with Gasteiger partial charge in [-0.15, -0.1) is 0 Å². The molecule has 0 heterocycles. The fourth-order valence-corrected chi connectivity index (χ4v) is 7.26. The van der Waals surface area contributed by atoms with Gasteiger partial charge in [-0.1, -0.05) is 143 Å². The second-order valence-corrected chi connectivity index (χ2v) is 18.8. The lowest BCUT2D eigenvalue weighted by atomic mass is 10.1. The monoisotopic (exact) mass is 877 g/mol. The van der Waals surface area contributed by atoms with Gasteiger partial charge < -0.3 is 33.2 Å². The van der Waals surface area contributed by atoms with Crippen LogP contribution in [0.1, 0.15) is 175 Å². The van der Waals surface area contributed by atoms with E-state index in [2.05, 4.69) is 20.8 Å². The summed E-state index contributed by atoms with van der Waals surface area (Å²) in [5, 5.41) is 0. The van der Waals surface area contributed by atoms with Crippen LogP contribution in [0.4, 0.5) is 0 Å². The Bertz CT molecular complexity index is 1060. The Balaban J connectivity index is 5.23. The first-order valence-corrected chi connectivity index (χ1v) is 26.3. The Labute approximate surface area is 355 Å². The van der Waals surface area contributed by atoms with Crippen molar-refractivity contribution in [1.82, 2.24) is 0 Å². The largest absolute Gasteiger partial charge is 0.379 e. The molecule has 0 fully saturated rings. The van der Waals surface area contributed by atoms with Crippen molar-refractivity contribution in [3.05, 3.63) is 0 Å². The van der Waals surface area contributed by atoms with Gasteiger partial charge in [-0.2, -0.15) is 16.8 Å². The van der Waals surface area contributed by atoms with Crippen molar-refractivity contribution in [1.29, 1.82) is 0 Å². The van der Waals surface area contributed by atoms with Crippen LogP contribution >= 0.6 is 0 Å². The van der Waals surface area contributed by atoms with Crippen molar-refractivity contribution < 1.29 is 59.1 Å². The Morgan fingerprint density at radius 2 is 0.603 bits per heavy atom. The van der Waals surface area contributed by atoms with Crippen LogP contribution in [0.25, 0.3) is 0 Å². The van der Waals surface area contributed by atoms with Gasteiger partial charge in [-0.25, -0.2) is 0 Å². The van der Waals surface area contributed by atoms with Crippen molar-refractivity contribution in [2.24, 2.45) is 0 Å². The molecule has 0 aliphatic carbocycles. The molecule has 0 saturated carbocycles. The van der Waals surface area contributed by atoms with Crippen molar-refractivity contribution in [2.75, 3.05) is 84.2 Å². The second kappa shape index (κ2) is 41.9. The van der Waals surface area contributed by atoms with Gasteiger partial charge in [0.1, 0.15) is 18.3 Å². The van der Waals surface area contributed by atoms with Crippen LogP contribution in [-0.4, -0.2) is 128 Å². The van der Waals surface area contributed by atoms with Crippen LogP contribution in [0.5, 0.6) is 0 Å². The Kier molecular flexibility index (Phi) is 41.5. The van der Waals surface area contributed by atoms with Gasteiger partial charge in [0.15, 0.2) is 0 Å². The SMILES string of the molecule is CCCCCCCCCCOCC(COCC(COCCCCCCCC)OCC(COCCCCCCCCCC)OCCCS(=O)(=O)O)OCCCS(=O)(=O)O. The van der Waals surface area contributed by atoms with E-state index >= 15 is 0 Å². The van der Waals surface area contributed by atoms with E-state index in [4.69, 9.17) is 42.3 Å². The predicted molar refractivity (Wildman–Crippen MR) is 233 cm³/mol. The van der Waals surface area contributed by atoms with Gasteiger partial charge in [0, 0.05) is 33.0 Å². The van der Waals surface area contributed by atoms with Gasteiger partial charge in [0.25, 0.3) is 20.2 Å². The van der Waals surface area contributed by atoms with Gasteiger partial charge in [-0.05, 0) is 32.1 Å². The molecule has 13 nitrogen and oxygen atoms in total. The molecule has 0 aromatic carbocycles. The van der Waals surface area contributed by atoms with E-state index in [9.17, 15) is 16.8 Å². The first-order valence-electron chi connectivity index (χ1n) is 23.1. The molecule has 350 valence electrons. The molecular weight excluding hydrogens is 789 g/mol. The molecular formula is C43H88O13S2. The quantitative estimate of drug-likeness (QED) is 0.0438. The number of rotatable bonds is 48. The normalized spacial score (nSPS) is 13.9. The van der Waals surface area contributed by atoms with Crippen LogP contribution in [0.2, 0.25) is 0 Å². The van der Waals surface area contributed by atoms with Gasteiger partial charge in [0.2, 0.25) is 0 Å². The minimum atomic E-state index is -4.09. The summed E-state index contributed by atoms with van der Waals surface area (Å²) in [6, 6.07) is 0. The van der Waals surface area contributed by atoms with Crippen molar-refractivity contribution in [3.8, 4) is 0 Å². The molecule has 0 aromatic heterocycles. The Hall–Kier alpha value is -0.460. The second-order valence-electron chi connectivity index (χ2n) is 15.7. The number of unbranched alkanes of at least 4 members (excludes halogenated alkanes) is 19. The predicted octanol–water partition coefficient (Wildman–Crippen LogP) is 9.41. The van der Waals surface area contributed by atoms with Crippen LogP contribution in [0.3, 0.4) is 0 Å². The number of hydrogen-bond donors (Lipinski definition) is 2. The molecule has 0 spiro atoms. The highest BCUT2D eigenvalue weighted by Gasteiger charge is 2.19. The minimum Gasteiger partial charge on any atom is -0.379 e. The Morgan fingerprint density at radius 3 is 0.931 bits per heavy atom. The average molecular weight is 877 g/mol. The molecule has 0 bridgehead atoms. The van der Waals surface area contributed by atoms with Crippen molar-refractivity contribution in [2.45, 2.75) is 193 Å². The average Bonchev–Trinajstić information content (AvgIpc) is 3.17. The summed E-state index contributed by atoms with van der Waals surface area (Å²) in [5.74, 6) is -0.766. The molecule has 0 saturated heterocycles. The van der Waals surface area contributed by atoms with E-state index in [0.717, 1.165) is 38.5 Å². The first kappa shape index (κ1) is 57.5. The van der Waals surface area contributed by atoms with Crippen LogP contribution in [0.15, 0.2) is 0 Å². The zero-order valence-electron chi connectivity index (χ0n) is 37.1. The maximum Gasteiger partial charge on any atom is 0.264 e. The topological polar surface area (TPSA) is 173 Å². The van der Waals surface area contributed by atoms with E-state index in [0.29, 0.717) is 26.4 Å². The smallest absolute Gasteiger partial charge is 0.264 e. The zero-order chi connectivity index (χ0) is 42.8. The molecule has 2 N–H and O–H groups in total. The summed E-state index contributed by atoms with van der Waals surface area (Å²) in [6.45, 7) is 10.2. The van der Waals surface area contributed by atoms with Crippen molar-refractivity contribution >= 4 is 20.2 Å². The van der Waals surface area contributed by atoms with E-state index in [1.165, 1.54) is 103 Å². The van der Waals surface area contributed by atoms with Crippen LogP contribution in [0, 0.1) is 0 Å². The highest BCUT2D eigenvalue weighted by Crippen LogP contribution is 2.12. The van der Waals surface area contributed by atoms with E-state index < -0.39 is 38.5 Å². The van der Waals surface area contributed by atoms with Gasteiger partial charge in [0.05, 0.1) is 51.1 Å². The highest BCUT2D eigenvalue weighted by atomic mass is 32.2. The maximum absolute atomic E-state index is 11.3. The third-order valence-electron chi connectivity index (χ3n) is 9.76. The summed E-state index contributed by atoms with van der Waals surface area (Å²) in [4.78, 5) is 0. The molecule has 0 radical (unpaired) electrons. The lowest BCUT2D eigenvalue weighted by Gasteiger charge is -2.24. The van der Waals surface area contributed by atoms with Crippen LogP contribution < -0.4 is 0 Å². The molecule has 3 unspecified atom stereocenters. The first-order chi connectivity index (χ1) is 28.0. The fourth-order valence-electron chi connectivity index (χ4n) is 6.29. The zero-order valence-corrected chi connectivity index (χ0v) is 38.7. The summed E-state index contributed by atoms with van der Waals surface area (Å²) in [5.41, 5.74) is 0. The van der Waals surface area contributed by atoms with Crippen molar-refractivity contribution in [3.63, 3.8) is 0 Å². The summed E-state index contributed by atoms with van der Waals surface area (Å²) < 4.78 is 106. The lowest BCUT2D eigenvalue weighted by molar-refractivity contribution is -0.121. The van der Waals surface area contributed by atoms with E-state index in [1.54, 1.807) is 0 Å². The number of ether oxygens (including phenoxy) is 7. The van der Waals surface area contributed by atoms with E-state index in [-0.39, 0.29) is 70.6 Å². The summed E-state index contributed by atoms with van der Waals surface area (Å²) in [6.07, 6.45) is 25.1. The molecule has 58 heavy (non-hydrogen) atoms. The fraction of sp³-hybridized carbons (Fsp3) is 1.00. The maximum atomic E-state index is 11.3. The molecule has 0 aromatic rings. The molecule has 3 atom stereocenters. The standard InChI is InChI=1S/C43H88O13S2/c1-4-7-10-13-16-18-21-24-28-50-35-41(54-31-26-33-57(44,45)46)38-53-39-42(36-51-29-23-20-15-12-9-6-3)56-40-43(55-32-27-34-58(47,48)49)37-52-30-25-22-19-17-14-11-8-5-2/h41-43H,4-40H2,1-3H3,(H,44,45,46)(H,47,48,49). The van der Waals surface area contributed by atoms with Gasteiger partial charge >= 0.3 is 0 Å². The molecule has 0 amide bonds. The molecule has 0 aliphatic rings. The molecule has 0 rings (SSSR count). The minimum absolute atomic E-state index is 0.125. The summed E-state index contributed by atoms with van der Waals surface area (Å²) in [7, 11) is -8.17. The molecule has 0 aliphatic heterocycles. The highest BCUT2D eigenvalue weighted by molar-refractivity contribution is 7.86. The number of hydrogen-bond acceptors (Lipinski definition) is 11. The lowest BCUT2D eigenvalue weighted by Crippen LogP contribution is -2.35. The van der Waals surface area contributed by atoms with Crippen LogP contribution in [-0.2, 0) is 53.4 Å². The summed E-state index contributed by atoms with van der Waals surface area (Å²) >= 11 is 0. The van der Waals surface area contributed by atoms with Gasteiger partial charge in [-0.3, -0.25) is 9.11 Å². The Morgan fingerprint density at radius 1 is 0.328 bits per heavy atom. The van der Waals surface area contributed by atoms with E-state index in [1.807, 2.05) is 0 Å². The molecule has 15 heteroatoms.